The van der Waals surface area contributed by atoms with Gasteiger partial charge in [0.15, 0.2) is 0 Å². The Kier molecular flexibility index (Phi) is 3.14. The number of nitrogens with one attached hydrogen (secondary N) is 1. The van der Waals surface area contributed by atoms with E-state index in [2.05, 4.69) is 43.4 Å². The van der Waals surface area contributed by atoms with Crippen LogP contribution in [0.25, 0.3) is 0 Å². The lowest BCUT2D eigenvalue weighted by Gasteiger charge is -2.11. The summed E-state index contributed by atoms with van der Waals surface area (Å²) in [5, 5.41) is 4.01. The summed E-state index contributed by atoms with van der Waals surface area (Å²) in [6.07, 6.45) is 0. The Morgan fingerprint density at radius 1 is 1.29 bits per heavy atom. The average molecular weight is 207 g/mol. The smallest absolute Gasteiger partial charge is 0.0790 e. The maximum atomic E-state index is 3.48. The molecule has 76 valence electrons. The van der Waals surface area contributed by atoms with Gasteiger partial charge in [0.25, 0.3) is 0 Å². The fourth-order valence-electron chi connectivity index (χ4n) is 1.70. The Morgan fingerprint density at radius 3 is 2.50 bits per heavy atom. The van der Waals surface area contributed by atoms with Crippen molar-refractivity contribution in [1.29, 1.82) is 0 Å². The Hall–Kier alpha value is -0.470. The minimum absolute atomic E-state index is 0.524. The highest BCUT2D eigenvalue weighted by atomic mass is 32.2. The molecule has 0 saturated carbocycles. The summed E-state index contributed by atoms with van der Waals surface area (Å²) in [5.74, 6) is 1.87. The summed E-state index contributed by atoms with van der Waals surface area (Å²) in [6, 6.07) is 9.01. The van der Waals surface area contributed by atoms with Crippen molar-refractivity contribution in [2.75, 3.05) is 12.3 Å². The molecule has 0 spiro atoms. The first-order valence-electron chi connectivity index (χ1n) is 5.22. The van der Waals surface area contributed by atoms with Crippen LogP contribution in [-0.2, 0) is 0 Å². The van der Waals surface area contributed by atoms with Gasteiger partial charge in [-0.1, -0.05) is 38.1 Å². The molecule has 1 fully saturated rings. The van der Waals surface area contributed by atoms with Crippen molar-refractivity contribution in [2.45, 2.75) is 25.1 Å². The van der Waals surface area contributed by atoms with Crippen molar-refractivity contribution in [1.82, 2.24) is 5.32 Å². The lowest BCUT2D eigenvalue weighted by atomic mass is 10.0. The van der Waals surface area contributed by atoms with E-state index in [0.29, 0.717) is 11.3 Å². The molecule has 1 unspecified atom stereocenters. The molecule has 0 bridgehead atoms. The molecule has 1 saturated heterocycles. The van der Waals surface area contributed by atoms with E-state index in [1.54, 1.807) is 0 Å². The van der Waals surface area contributed by atoms with E-state index in [0.717, 1.165) is 6.54 Å². The van der Waals surface area contributed by atoms with Crippen LogP contribution in [0.1, 0.15) is 36.3 Å². The van der Waals surface area contributed by atoms with Crippen molar-refractivity contribution in [3.05, 3.63) is 35.4 Å². The fraction of sp³-hybridized carbons (Fsp3) is 0.500. The van der Waals surface area contributed by atoms with Gasteiger partial charge in [-0.2, -0.15) is 0 Å². The first kappa shape index (κ1) is 10.1. The van der Waals surface area contributed by atoms with Gasteiger partial charge in [0.1, 0.15) is 0 Å². The zero-order valence-electron chi connectivity index (χ0n) is 8.79. The quantitative estimate of drug-likeness (QED) is 0.799. The maximum absolute atomic E-state index is 3.48. The second-order valence-corrected chi connectivity index (χ2v) is 5.24. The molecule has 1 aromatic carbocycles. The minimum Gasteiger partial charge on any atom is -0.301 e. The summed E-state index contributed by atoms with van der Waals surface area (Å²) in [4.78, 5) is 0. The van der Waals surface area contributed by atoms with Crippen LogP contribution >= 0.6 is 11.8 Å². The van der Waals surface area contributed by atoms with E-state index < -0.39 is 0 Å². The zero-order valence-corrected chi connectivity index (χ0v) is 9.60. The summed E-state index contributed by atoms with van der Waals surface area (Å²) in [7, 11) is 0. The molecule has 1 atom stereocenters. The molecular weight excluding hydrogens is 190 g/mol. The number of benzene rings is 1. The second kappa shape index (κ2) is 4.37. The molecule has 1 aliphatic rings. The standard InChI is InChI=1S/C12H17NS/c1-9(2)10-3-5-11(6-4-10)12-13-7-8-14-12/h3-6,9,12-13H,7-8H2,1-2H3. The van der Waals surface area contributed by atoms with E-state index in [4.69, 9.17) is 0 Å². The van der Waals surface area contributed by atoms with Crippen molar-refractivity contribution in [3.8, 4) is 0 Å². The summed E-state index contributed by atoms with van der Waals surface area (Å²) < 4.78 is 0. The normalized spacial score (nSPS) is 21.8. The first-order valence-corrected chi connectivity index (χ1v) is 6.27. The maximum Gasteiger partial charge on any atom is 0.0790 e. The van der Waals surface area contributed by atoms with Crippen LogP contribution in [0, 0.1) is 0 Å². The third-order valence-electron chi connectivity index (χ3n) is 2.62. The fourth-order valence-corrected chi connectivity index (χ4v) is 2.75. The molecule has 0 amide bonds. The lowest BCUT2D eigenvalue weighted by molar-refractivity contribution is 0.749. The molecule has 0 aromatic heterocycles. The Bertz CT molecular complexity index is 286. The van der Waals surface area contributed by atoms with Gasteiger partial charge in [-0.05, 0) is 17.0 Å². The highest BCUT2D eigenvalue weighted by Crippen LogP contribution is 2.30. The van der Waals surface area contributed by atoms with Crippen LogP contribution in [0.3, 0.4) is 0 Å². The molecule has 1 nitrogen and oxygen atoms in total. The van der Waals surface area contributed by atoms with E-state index in [9.17, 15) is 0 Å². The molecule has 0 radical (unpaired) electrons. The van der Waals surface area contributed by atoms with Crippen LogP contribution in [-0.4, -0.2) is 12.3 Å². The van der Waals surface area contributed by atoms with Crippen molar-refractivity contribution < 1.29 is 0 Å². The number of hydrogen-bond donors (Lipinski definition) is 1. The molecular formula is C12H17NS. The third kappa shape index (κ3) is 2.12. The molecule has 2 heteroatoms. The van der Waals surface area contributed by atoms with Crippen LogP contribution in [0.2, 0.25) is 0 Å². The van der Waals surface area contributed by atoms with Gasteiger partial charge in [0.05, 0.1) is 5.37 Å². The molecule has 1 heterocycles. The third-order valence-corrected chi connectivity index (χ3v) is 3.83. The van der Waals surface area contributed by atoms with Crippen LogP contribution < -0.4 is 5.32 Å². The lowest BCUT2D eigenvalue weighted by Crippen LogP contribution is -2.11. The van der Waals surface area contributed by atoms with Crippen LogP contribution in [0.4, 0.5) is 0 Å². The zero-order chi connectivity index (χ0) is 9.97. The van der Waals surface area contributed by atoms with Gasteiger partial charge in [-0.15, -0.1) is 11.8 Å². The highest BCUT2D eigenvalue weighted by molar-refractivity contribution is 7.99. The Morgan fingerprint density at radius 2 is 2.00 bits per heavy atom. The summed E-state index contributed by atoms with van der Waals surface area (Å²) in [6.45, 7) is 5.61. The number of rotatable bonds is 2. The van der Waals surface area contributed by atoms with Crippen LogP contribution in [0.5, 0.6) is 0 Å². The van der Waals surface area contributed by atoms with Crippen LogP contribution in [0.15, 0.2) is 24.3 Å². The largest absolute Gasteiger partial charge is 0.301 e. The van der Waals surface area contributed by atoms with Crippen molar-refractivity contribution in [3.63, 3.8) is 0 Å². The van der Waals surface area contributed by atoms with E-state index >= 15 is 0 Å². The van der Waals surface area contributed by atoms with E-state index in [-0.39, 0.29) is 0 Å². The van der Waals surface area contributed by atoms with Gasteiger partial charge in [-0.25, -0.2) is 0 Å². The molecule has 14 heavy (non-hydrogen) atoms. The predicted molar refractivity (Wildman–Crippen MR) is 63.7 cm³/mol. The van der Waals surface area contributed by atoms with Gasteiger partial charge in [-0.3, -0.25) is 0 Å². The van der Waals surface area contributed by atoms with Gasteiger partial charge >= 0.3 is 0 Å². The monoisotopic (exact) mass is 207 g/mol. The number of hydrogen-bond acceptors (Lipinski definition) is 2. The van der Waals surface area contributed by atoms with Crippen molar-refractivity contribution in [2.24, 2.45) is 0 Å². The van der Waals surface area contributed by atoms with Gasteiger partial charge in [0.2, 0.25) is 0 Å². The van der Waals surface area contributed by atoms with Gasteiger partial charge < -0.3 is 5.32 Å². The average Bonchev–Trinajstić information content (AvgIpc) is 2.71. The van der Waals surface area contributed by atoms with E-state index in [1.165, 1.54) is 16.9 Å². The van der Waals surface area contributed by atoms with Gasteiger partial charge in [0, 0.05) is 12.3 Å². The molecule has 1 aromatic rings. The SMILES string of the molecule is CC(C)c1ccc(C2NCCS2)cc1. The summed E-state index contributed by atoms with van der Waals surface area (Å²) in [5.41, 5.74) is 2.84. The highest BCUT2D eigenvalue weighted by Gasteiger charge is 2.16. The predicted octanol–water partition coefficient (Wildman–Crippen LogP) is 3.15. The molecule has 2 rings (SSSR count). The minimum atomic E-state index is 0.524. The molecule has 1 N–H and O–H groups in total. The molecule has 1 aliphatic heterocycles. The Balaban J connectivity index is 2.12. The first-order chi connectivity index (χ1) is 6.77. The topological polar surface area (TPSA) is 12.0 Å². The second-order valence-electron chi connectivity index (χ2n) is 4.03. The summed E-state index contributed by atoms with van der Waals surface area (Å²) >= 11 is 2.00. The Labute approximate surface area is 90.3 Å². The molecule has 0 aliphatic carbocycles. The van der Waals surface area contributed by atoms with Crippen molar-refractivity contribution >= 4 is 11.8 Å². The van der Waals surface area contributed by atoms with E-state index in [1.807, 2.05) is 11.8 Å². The number of thioether (sulfide) groups is 1.